The van der Waals surface area contributed by atoms with Gasteiger partial charge in [0.2, 0.25) is 0 Å². The summed E-state index contributed by atoms with van der Waals surface area (Å²) in [6, 6.07) is 10.6. The van der Waals surface area contributed by atoms with Crippen molar-refractivity contribution in [3.8, 4) is 17.2 Å². The molecule has 1 fully saturated rings. The lowest BCUT2D eigenvalue weighted by atomic mass is 10.0. The van der Waals surface area contributed by atoms with Crippen LogP contribution < -0.4 is 9.47 Å². The minimum atomic E-state index is -0.105. The van der Waals surface area contributed by atoms with Crippen LogP contribution in [0.5, 0.6) is 17.2 Å². The maximum atomic E-state index is 12.7. The molecule has 3 rings (SSSR count). The number of hydrogen-bond donors (Lipinski definition) is 1. The fraction of sp³-hybridized carbons (Fsp3) is 0.348. The van der Waals surface area contributed by atoms with Crippen LogP contribution in [0, 0.1) is 0 Å². The van der Waals surface area contributed by atoms with E-state index in [0.29, 0.717) is 17.9 Å². The van der Waals surface area contributed by atoms with Crippen LogP contribution in [0.3, 0.4) is 0 Å². The molecule has 0 amide bonds. The first-order valence-corrected chi connectivity index (χ1v) is 9.76. The largest absolute Gasteiger partial charge is 0.504 e. The van der Waals surface area contributed by atoms with Gasteiger partial charge in [-0.05, 0) is 48.9 Å². The van der Waals surface area contributed by atoms with E-state index in [1.807, 2.05) is 19.1 Å². The third kappa shape index (κ3) is 5.59. The molecule has 2 aromatic carbocycles. The molecule has 0 radical (unpaired) electrons. The van der Waals surface area contributed by atoms with Gasteiger partial charge < -0.3 is 19.3 Å². The Morgan fingerprint density at radius 2 is 1.93 bits per heavy atom. The zero-order chi connectivity index (χ0) is 20.6. The molecular weight excluding hydrogens is 370 g/mol. The first kappa shape index (κ1) is 20.9. The first-order chi connectivity index (χ1) is 14.1. The van der Waals surface area contributed by atoms with E-state index in [0.717, 1.165) is 49.7 Å². The number of aromatic hydroxyl groups is 1. The third-order valence-corrected chi connectivity index (χ3v) is 4.77. The van der Waals surface area contributed by atoms with Gasteiger partial charge in [-0.25, -0.2) is 0 Å². The Kier molecular flexibility index (Phi) is 7.27. The van der Waals surface area contributed by atoms with Crippen molar-refractivity contribution >= 4 is 11.9 Å². The van der Waals surface area contributed by atoms with E-state index >= 15 is 0 Å². The van der Waals surface area contributed by atoms with Gasteiger partial charge in [0.1, 0.15) is 5.75 Å². The van der Waals surface area contributed by atoms with E-state index in [4.69, 9.17) is 14.2 Å². The number of hydrogen-bond acceptors (Lipinski definition) is 6. The van der Waals surface area contributed by atoms with Crippen LogP contribution in [0.2, 0.25) is 0 Å². The minimum Gasteiger partial charge on any atom is -0.504 e. The highest BCUT2D eigenvalue weighted by Gasteiger charge is 2.15. The summed E-state index contributed by atoms with van der Waals surface area (Å²) in [6.07, 6.45) is 3.19. The van der Waals surface area contributed by atoms with E-state index < -0.39 is 0 Å². The van der Waals surface area contributed by atoms with Crippen molar-refractivity contribution in [1.29, 1.82) is 0 Å². The van der Waals surface area contributed by atoms with Gasteiger partial charge in [0, 0.05) is 30.8 Å². The SMILES string of the molecule is CCOc1ccc(C(=O)/C=C/c2ccc(OC)c(O)c2)cc1CN1CCOCC1. The van der Waals surface area contributed by atoms with Crippen LogP contribution >= 0.6 is 0 Å². The molecule has 0 aliphatic carbocycles. The smallest absolute Gasteiger partial charge is 0.185 e. The van der Waals surface area contributed by atoms with Crippen molar-refractivity contribution < 1.29 is 24.1 Å². The average molecular weight is 397 g/mol. The normalized spacial score (nSPS) is 14.8. The fourth-order valence-corrected chi connectivity index (χ4v) is 3.23. The molecule has 29 heavy (non-hydrogen) atoms. The van der Waals surface area contributed by atoms with Gasteiger partial charge in [0.15, 0.2) is 17.3 Å². The molecule has 0 saturated carbocycles. The highest BCUT2D eigenvalue weighted by Crippen LogP contribution is 2.27. The molecule has 1 heterocycles. The molecule has 2 aromatic rings. The monoisotopic (exact) mass is 397 g/mol. The highest BCUT2D eigenvalue weighted by atomic mass is 16.5. The molecule has 6 heteroatoms. The Labute approximate surface area is 171 Å². The number of allylic oxidation sites excluding steroid dienone is 1. The van der Waals surface area contributed by atoms with E-state index in [9.17, 15) is 9.90 Å². The molecule has 0 spiro atoms. The number of carbonyl (C=O) groups excluding carboxylic acids is 1. The summed E-state index contributed by atoms with van der Waals surface area (Å²) >= 11 is 0. The van der Waals surface area contributed by atoms with Crippen LogP contribution in [0.15, 0.2) is 42.5 Å². The number of methoxy groups -OCH3 is 1. The lowest BCUT2D eigenvalue weighted by Gasteiger charge is -2.27. The maximum Gasteiger partial charge on any atom is 0.185 e. The van der Waals surface area contributed by atoms with Gasteiger partial charge in [-0.15, -0.1) is 0 Å². The van der Waals surface area contributed by atoms with E-state index in [2.05, 4.69) is 4.90 Å². The van der Waals surface area contributed by atoms with Gasteiger partial charge >= 0.3 is 0 Å². The number of rotatable bonds is 8. The standard InChI is InChI=1S/C23H27NO5/c1-3-29-22-9-6-18(15-19(22)16-24-10-12-28-13-11-24)20(25)7-4-17-5-8-23(27-2)21(26)14-17/h4-9,14-15,26H,3,10-13,16H2,1-2H3/b7-4+. The molecule has 0 bridgehead atoms. The topological polar surface area (TPSA) is 68.2 Å². The van der Waals surface area contributed by atoms with Crippen molar-refractivity contribution in [2.24, 2.45) is 0 Å². The van der Waals surface area contributed by atoms with Crippen molar-refractivity contribution in [3.05, 3.63) is 59.2 Å². The number of phenols is 1. The number of carbonyl (C=O) groups is 1. The first-order valence-electron chi connectivity index (χ1n) is 9.76. The summed E-state index contributed by atoms with van der Waals surface area (Å²) in [5, 5.41) is 9.88. The fourth-order valence-electron chi connectivity index (χ4n) is 3.23. The summed E-state index contributed by atoms with van der Waals surface area (Å²) in [7, 11) is 1.49. The Bertz CT molecular complexity index is 872. The van der Waals surface area contributed by atoms with Gasteiger partial charge in [-0.1, -0.05) is 12.1 Å². The molecular formula is C23H27NO5. The Hall–Kier alpha value is -2.83. The highest BCUT2D eigenvalue weighted by molar-refractivity contribution is 6.07. The van der Waals surface area contributed by atoms with E-state index in [1.165, 1.54) is 13.2 Å². The number of ether oxygens (including phenoxy) is 3. The van der Waals surface area contributed by atoms with Crippen molar-refractivity contribution in [3.63, 3.8) is 0 Å². The van der Waals surface area contributed by atoms with Crippen molar-refractivity contribution in [2.75, 3.05) is 40.0 Å². The van der Waals surface area contributed by atoms with Crippen LogP contribution in [0.1, 0.15) is 28.4 Å². The molecule has 0 aromatic heterocycles. The number of phenolic OH excluding ortho intramolecular Hbond substituents is 1. The molecule has 1 aliphatic heterocycles. The molecule has 1 aliphatic rings. The molecule has 6 nitrogen and oxygen atoms in total. The Balaban J connectivity index is 1.77. The second-order valence-electron chi connectivity index (χ2n) is 6.77. The average Bonchev–Trinajstić information content (AvgIpc) is 2.74. The van der Waals surface area contributed by atoms with Gasteiger partial charge in [0.25, 0.3) is 0 Å². The van der Waals surface area contributed by atoms with Gasteiger partial charge in [0.05, 0.1) is 26.9 Å². The molecule has 0 unspecified atom stereocenters. The lowest BCUT2D eigenvalue weighted by Crippen LogP contribution is -2.35. The van der Waals surface area contributed by atoms with Crippen molar-refractivity contribution in [2.45, 2.75) is 13.5 Å². The van der Waals surface area contributed by atoms with Crippen LogP contribution in [0.25, 0.3) is 6.08 Å². The zero-order valence-corrected chi connectivity index (χ0v) is 16.9. The van der Waals surface area contributed by atoms with Crippen LogP contribution in [-0.2, 0) is 11.3 Å². The second kappa shape index (κ2) is 10.1. The summed E-state index contributed by atoms with van der Waals surface area (Å²) < 4.78 is 16.2. The number of morpholine rings is 1. The third-order valence-electron chi connectivity index (χ3n) is 4.77. The Morgan fingerprint density at radius 3 is 2.62 bits per heavy atom. The summed E-state index contributed by atoms with van der Waals surface area (Å²) in [6.45, 7) is 6.42. The van der Waals surface area contributed by atoms with Gasteiger partial charge in [-0.2, -0.15) is 0 Å². The predicted molar refractivity (Wildman–Crippen MR) is 112 cm³/mol. The molecule has 154 valence electrons. The molecule has 1 saturated heterocycles. The van der Waals surface area contributed by atoms with E-state index in [-0.39, 0.29) is 11.5 Å². The number of ketones is 1. The molecule has 1 N–H and O–H groups in total. The Morgan fingerprint density at radius 1 is 1.17 bits per heavy atom. The lowest BCUT2D eigenvalue weighted by molar-refractivity contribution is 0.0338. The minimum absolute atomic E-state index is 0.0379. The van der Waals surface area contributed by atoms with Gasteiger partial charge in [-0.3, -0.25) is 9.69 Å². The summed E-state index contributed by atoms with van der Waals surface area (Å²) in [5.74, 6) is 1.13. The second-order valence-corrected chi connectivity index (χ2v) is 6.77. The number of benzene rings is 2. The quantitative estimate of drug-likeness (QED) is 0.543. The van der Waals surface area contributed by atoms with Crippen molar-refractivity contribution in [1.82, 2.24) is 4.90 Å². The zero-order valence-electron chi connectivity index (χ0n) is 16.9. The van der Waals surface area contributed by atoms with Crippen LogP contribution in [-0.4, -0.2) is 55.8 Å². The summed E-state index contributed by atoms with van der Waals surface area (Å²) in [4.78, 5) is 15.0. The summed E-state index contributed by atoms with van der Waals surface area (Å²) in [5.41, 5.74) is 2.32. The maximum absolute atomic E-state index is 12.7. The van der Waals surface area contributed by atoms with E-state index in [1.54, 1.807) is 30.3 Å². The van der Waals surface area contributed by atoms with Crippen LogP contribution in [0.4, 0.5) is 0 Å². The molecule has 0 atom stereocenters. The predicted octanol–water partition coefficient (Wildman–Crippen LogP) is 3.53. The number of nitrogens with zero attached hydrogens (tertiary/aromatic N) is 1.